The largest absolute Gasteiger partial charge is 0.487 e. The van der Waals surface area contributed by atoms with E-state index in [-0.39, 0.29) is 12.6 Å². The zero-order valence-corrected chi connectivity index (χ0v) is 20.1. The van der Waals surface area contributed by atoms with Crippen molar-refractivity contribution in [3.8, 4) is 17.0 Å². The summed E-state index contributed by atoms with van der Waals surface area (Å²) in [6.45, 7) is 4.03. The molecule has 5 rings (SSSR count). The first-order valence-electron chi connectivity index (χ1n) is 11.0. The fourth-order valence-corrected chi connectivity index (χ4v) is 4.55. The lowest BCUT2D eigenvalue weighted by molar-refractivity contribution is 0.196. The number of ether oxygens (including phenoxy) is 1. The number of pyridine rings is 2. The predicted molar refractivity (Wildman–Crippen MR) is 131 cm³/mol. The minimum absolute atomic E-state index is 0.00302. The molecule has 4 heterocycles. The van der Waals surface area contributed by atoms with Gasteiger partial charge in [0.15, 0.2) is 0 Å². The van der Waals surface area contributed by atoms with Gasteiger partial charge in [0.05, 0.1) is 10.7 Å². The number of fused-ring (bicyclic) bond motifs is 1. The number of benzene rings is 1. The van der Waals surface area contributed by atoms with Gasteiger partial charge in [-0.25, -0.2) is 9.78 Å². The van der Waals surface area contributed by atoms with Gasteiger partial charge >= 0.3 is 6.03 Å². The van der Waals surface area contributed by atoms with Gasteiger partial charge in [-0.15, -0.1) is 0 Å². The summed E-state index contributed by atoms with van der Waals surface area (Å²) in [6, 6.07) is 9.96. The molecule has 0 unspecified atom stereocenters. The molecule has 0 N–H and O–H groups in total. The Bertz CT molecular complexity index is 1390. The molecule has 2 amide bonds. The van der Waals surface area contributed by atoms with E-state index in [1.54, 1.807) is 35.4 Å². The Hall–Kier alpha value is -3.65. The average Bonchev–Trinajstić information content (AvgIpc) is 3.38. The summed E-state index contributed by atoms with van der Waals surface area (Å²) in [5.74, 6) is 0.667. The Balaban J connectivity index is 1.47. The molecule has 174 valence electrons. The van der Waals surface area contributed by atoms with E-state index in [9.17, 15) is 4.79 Å². The van der Waals surface area contributed by atoms with Crippen molar-refractivity contribution < 1.29 is 9.53 Å². The van der Waals surface area contributed by atoms with Crippen molar-refractivity contribution in [1.29, 1.82) is 0 Å². The molecule has 1 fully saturated rings. The molecule has 0 atom stereocenters. The second-order valence-corrected chi connectivity index (χ2v) is 8.88. The number of hydrogen-bond acceptors (Lipinski definition) is 5. The maximum absolute atomic E-state index is 12.4. The number of carbonyl (C=O) groups is 1. The SMILES string of the molecule is Cc1cc(-c2ccnn2C)c2cccc(OCc3c(Cl)cncc3CN3CCN(C)C3=O)c2n1. The number of aromatic nitrogens is 4. The highest BCUT2D eigenvalue weighted by atomic mass is 35.5. The van der Waals surface area contributed by atoms with E-state index in [0.29, 0.717) is 30.4 Å². The Labute approximate surface area is 202 Å². The first kappa shape index (κ1) is 22.2. The minimum atomic E-state index is 0.00302. The molecule has 0 saturated carbocycles. The van der Waals surface area contributed by atoms with Crippen molar-refractivity contribution in [3.05, 3.63) is 70.8 Å². The summed E-state index contributed by atoms with van der Waals surface area (Å²) < 4.78 is 8.13. The minimum Gasteiger partial charge on any atom is -0.487 e. The number of aryl methyl sites for hydroxylation is 2. The third kappa shape index (κ3) is 4.05. The Morgan fingerprint density at radius 2 is 2.00 bits per heavy atom. The van der Waals surface area contributed by atoms with Gasteiger partial charge in [-0.3, -0.25) is 9.67 Å². The first-order chi connectivity index (χ1) is 16.4. The number of nitrogens with zero attached hydrogens (tertiary/aromatic N) is 6. The maximum Gasteiger partial charge on any atom is 0.320 e. The summed E-state index contributed by atoms with van der Waals surface area (Å²) in [6.07, 6.45) is 5.14. The van der Waals surface area contributed by atoms with Crippen LogP contribution in [0.5, 0.6) is 5.75 Å². The fourth-order valence-electron chi connectivity index (χ4n) is 4.32. The van der Waals surface area contributed by atoms with Gasteiger partial charge in [-0.05, 0) is 30.7 Å². The summed E-state index contributed by atoms with van der Waals surface area (Å²) in [4.78, 5) is 24.9. The molecule has 1 aliphatic rings. The molecule has 4 aromatic rings. The monoisotopic (exact) mass is 476 g/mol. The molecular weight excluding hydrogens is 452 g/mol. The number of halogens is 1. The van der Waals surface area contributed by atoms with E-state index in [1.165, 1.54) is 0 Å². The second-order valence-electron chi connectivity index (χ2n) is 8.48. The van der Waals surface area contributed by atoms with Crippen LogP contribution >= 0.6 is 11.6 Å². The van der Waals surface area contributed by atoms with Gasteiger partial charge in [0.25, 0.3) is 0 Å². The molecule has 1 aromatic carbocycles. The van der Waals surface area contributed by atoms with Gasteiger partial charge in [-0.2, -0.15) is 5.10 Å². The van der Waals surface area contributed by atoms with Crippen molar-refractivity contribution in [1.82, 2.24) is 29.5 Å². The van der Waals surface area contributed by atoms with Crippen LogP contribution in [0.3, 0.4) is 0 Å². The Morgan fingerprint density at radius 1 is 1.15 bits per heavy atom. The van der Waals surface area contributed by atoms with Gasteiger partial charge in [0.1, 0.15) is 17.9 Å². The van der Waals surface area contributed by atoms with Crippen molar-refractivity contribution >= 4 is 28.5 Å². The van der Waals surface area contributed by atoms with Gasteiger partial charge < -0.3 is 14.5 Å². The smallest absolute Gasteiger partial charge is 0.320 e. The van der Waals surface area contributed by atoms with Crippen LogP contribution in [-0.2, 0) is 20.2 Å². The Morgan fingerprint density at radius 3 is 2.74 bits per heavy atom. The summed E-state index contributed by atoms with van der Waals surface area (Å²) in [5, 5.41) is 5.81. The van der Waals surface area contributed by atoms with Crippen LogP contribution in [0, 0.1) is 6.92 Å². The lowest BCUT2D eigenvalue weighted by Crippen LogP contribution is -2.29. The maximum atomic E-state index is 12.4. The van der Waals surface area contributed by atoms with Crippen LogP contribution in [0.2, 0.25) is 5.02 Å². The van der Waals surface area contributed by atoms with E-state index in [1.807, 2.05) is 42.9 Å². The summed E-state index contributed by atoms with van der Waals surface area (Å²) >= 11 is 6.52. The van der Waals surface area contributed by atoms with E-state index < -0.39 is 0 Å². The third-order valence-electron chi connectivity index (χ3n) is 6.16. The highest BCUT2D eigenvalue weighted by Crippen LogP contribution is 2.34. The number of amides is 2. The van der Waals surface area contributed by atoms with Gasteiger partial charge in [0.2, 0.25) is 0 Å². The zero-order chi connectivity index (χ0) is 23.8. The molecular formula is C25H25ClN6O2. The second kappa shape index (κ2) is 8.95. The van der Waals surface area contributed by atoms with E-state index >= 15 is 0 Å². The number of rotatable bonds is 6. The Kier molecular flexibility index (Phi) is 5.83. The van der Waals surface area contributed by atoms with E-state index in [4.69, 9.17) is 21.3 Å². The molecule has 9 heteroatoms. The zero-order valence-electron chi connectivity index (χ0n) is 19.3. The van der Waals surface area contributed by atoms with Crippen molar-refractivity contribution in [2.24, 2.45) is 7.05 Å². The number of hydrogen-bond donors (Lipinski definition) is 0. The normalized spacial score (nSPS) is 13.8. The quantitative estimate of drug-likeness (QED) is 0.411. The number of urea groups is 1. The van der Waals surface area contributed by atoms with Crippen LogP contribution in [0.25, 0.3) is 22.2 Å². The highest BCUT2D eigenvalue weighted by molar-refractivity contribution is 6.31. The molecule has 0 radical (unpaired) electrons. The van der Waals surface area contributed by atoms with Crippen LogP contribution in [0.15, 0.2) is 48.9 Å². The van der Waals surface area contributed by atoms with Crippen LogP contribution in [0.1, 0.15) is 16.8 Å². The number of carbonyl (C=O) groups excluding carboxylic acids is 1. The molecule has 0 bridgehead atoms. The standard InChI is InChI=1S/C25H25ClN6O2/c1-16-11-19(22-7-8-28-31(22)3)18-5-4-6-23(24(18)29-16)34-15-20-17(12-27-13-21(20)26)14-32-10-9-30(2)25(32)33/h4-8,11-13H,9-10,14-15H2,1-3H3. The van der Waals surface area contributed by atoms with E-state index in [0.717, 1.165) is 39.0 Å². The number of likely N-dealkylation sites (N-methyl/N-ethyl adjacent to an activating group) is 1. The molecule has 8 nitrogen and oxygen atoms in total. The summed E-state index contributed by atoms with van der Waals surface area (Å²) in [5.41, 5.74) is 5.41. The lowest BCUT2D eigenvalue weighted by atomic mass is 10.0. The fraction of sp³-hybridized carbons (Fsp3) is 0.280. The molecule has 0 aliphatic carbocycles. The molecule has 3 aromatic heterocycles. The average molecular weight is 477 g/mol. The molecule has 34 heavy (non-hydrogen) atoms. The van der Waals surface area contributed by atoms with Crippen LogP contribution in [0.4, 0.5) is 4.79 Å². The summed E-state index contributed by atoms with van der Waals surface area (Å²) in [7, 11) is 3.73. The van der Waals surface area contributed by atoms with Gasteiger partial charge in [0, 0.05) is 74.5 Å². The number of para-hydroxylation sites is 1. The lowest BCUT2D eigenvalue weighted by Gasteiger charge is -2.19. The third-order valence-corrected chi connectivity index (χ3v) is 6.48. The van der Waals surface area contributed by atoms with E-state index in [2.05, 4.69) is 16.1 Å². The topological polar surface area (TPSA) is 76.4 Å². The molecule has 0 spiro atoms. The van der Waals surface area contributed by atoms with Crippen molar-refractivity contribution in [2.45, 2.75) is 20.1 Å². The van der Waals surface area contributed by atoms with Gasteiger partial charge in [-0.1, -0.05) is 23.7 Å². The van der Waals surface area contributed by atoms with Crippen molar-refractivity contribution in [3.63, 3.8) is 0 Å². The van der Waals surface area contributed by atoms with Crippen LogP contribution in [-0.4, -0.2) is 55.7 Å². The molecule has 1 saturated heterocycles. The first-order valence-corrected chi connectivity index (χ1v) is 11.4. The highest BCUT2D eigenvalue weighted by Gasteiger charge is 2.26. The predicted octanol–water partition coefficient (Wildman–Crippen LogP) is 4.44. The van der Waals surface area contributed by atoms with Crippen LogP contribution < -0.4 is 4.74 Å². The molecule has 1 aliphatic heterocycles. The van der Waals surface area contributed by atoms with Crippen molar-refractivity contribution in [2.75, 3.05) is 20.1 Å².